The molecule has 0 aliphatic carbocycles. The Hall–Kier alpha value is -2.84. The molecule has 124 valence electrons. The van der Waals surface area contributed by atoms with Gasteiger partial charge >= 0.3 is 0 Å². The van der Waals surface area contributed by atoms with Crippen LogP contribution < -0.4 is 15.6 Å². The SMILES string of the molecule is Cc1cc(-c2ccc(N)cc2)n(-c2ccc(NS(N)(=O)=O)cc2)n1. The highest BCUT2D eigenvalue weighted by atomic mass is 32.2. The van der Waals surface area contributed by atoms with Gasteiger partial charge < -0.3 is 5.73 Å². The minimum atomic E-state index is -3.79. The first-order chi connectivity index (χ1) is 11.3. The maximum Gasteiger partial charge on any atom is 0.296 e. The summed E-state index contributed by atoms with van der Waals surface area (Å²) >= 11 is 0. The fourth-order valence-corrected chi connectivity index (χ4v) is 2.86. The molecule has 1 aromatic heterocycles. The number of nitrogen functional groups attached to an aromatic ring is 1. The molecule has 0 saturated carbocycles. The zero-order valence-corrected chi connectivity index (χ0v) is 13.8. The van der Waals surface area contributed by atoms with Crippen molar-refractivity contribution in [2.75, 3.05) is 10.5 Å². The van der Waals surface area contributed by atoms with E-state index in [2.05, 4.69) is 9.82 Å². The van der Waals surface area contributed by atoms with E-state index in [0.29, 0.717) is 11.4 Å². The molecule has 5 N–H and O–H groups in total. The van der Waals surface area contributed by atoms with Gasteiger partial charge in [0.2, 0.25) is 0 Å². The van der Waals surface area contributed by atoms with Crippen LogP contribution in [0.2, 0.25) is 0 Å². The third-order valence-corrected chi connectivity index (χ3v) is 3.93. The van der Waals surface area contributed by atoms with Gasteiger partial charge in [-0.25, -0.2) is 9.82 Å². The second kappa shape index (κ2) is 5.99. The lowest BCUT2D eigenvalue weighted by Gasteiger charge is -2.09. The number of nitrogens with one attached hydrogen (secondary N) is 1. The van der Waals surface area contributed by atoms with Crippen molar-refractivity contribution in [2.45, 2.75) is 6.92 Å². The van der Waals surface area contributed by atoms with Crippen LogP contribution in [-0.2, 0) is 10.2 Å². The van der Waals surface area contributed by atoms with E-state index in [0.717, 1.165) is 22.6 Å². The molecule has 8 heteroatoms. The molecule has 0 atom stereocenters. The van der Waals surface area contributed by atoms with Crippen LogP contribution in [0.5, 0.6) is 0 Å². The van der Waals surface area contributed by atoms with Gasteiger partial charge in [-0.05, 0) is 49.4 Å². The third-order valence-electron chi connectivity index (χ3n) is 3.41. The number of aryl methyl sites for hydroxylation is 1. The van der Waals surface area contributed by atoms with Crippen LogP contribution >= 0.6 is 0 Å². The highest BCUT2D eigenvalue weighted by Gasteiger charge is 2.10. The normalized spacial score (nSPS) is 11.4. The summed E-state index contributed by atoms with van der Waals surface area (Å²) in [7, 11) is -3.79. The summed E-state index contributed by atoms with van der Waals surface area (Å²) < 4.78 is 26.1. The van der Waals surface area contributed by atoms with E-state index in [1.807, 2.05) is 37.3 Å². The van der Waals surface area contributed by atoms with Crippen molar-refractivity contribution in [3.05, 3.63) is 60.3 Å². The molecule has 0 amide bonds. The molecule has 0 unspecified atom stereocenters. The minimum absolute atomic E-state index is 0.388. The van der Waals surface area contributed by atoms with Gasteiger partial charge in [-0.1, -0.05) is 12.1 Å². The van der Waals surface area contributed by atoms with Crippen molar-refractivity contribution >= 4 is 21.6 Å². The Labute approximate surface area is 140 Å². The Kier molecular flexibility index (Phi) is 4.00. The van der Waals surface area contributed by atoms with Gasteiger partial charge in [0, 0.05) is 16.9 Å². The van der Waals surface area contributed by atoms with E-state index < -0.39 is 10.2 Å². The van der Waals surface area contributed by atoms with Crippen LogP contribution in [0.15, 0.2) is 54.6 Å². The highest BCUT2D eigenvalue weighted by molar-refractivity contribution is 7.90. The average molecular weight is 343 g/mol. The molecule has 0 fully saturated rings. The number of aromatic nitrogens is 2. The molecule has 24 heavy (non-hydrogen) atoms. The van der Waals surface area contributed by atoms with E-state index in [9.17, 15) is 8.42 Å². The molecular formula is C16H17N5O2S. The van der Waals surface area contributed by atoms with Crippen LogP contribution in [0.25, 0.3) is 16.9 Å². The fourth-order valence-electron chi connectivity index (χ4n) is 2.39. The molecule has 2 aromatic carbocycles. The van der Waals surface area contributed by atoms with Crippen LogP contribution in [0.4, 0.5) is 11.4 Å². The van der Waals surface area contributed by atoms with E-state index in [-0.39, 0.29) is 0 Å². The van der Waals surface area contributed by atoms with Crippen molar-refractivity contribution < 1.29 is 8.42 Å². The maximum atomic E-state index is 11.1. The summed E-state index contributed by atoms with van der Waals surface area (Å²) in [5, 5.41) is 9.47. The highest BCUT2D eigenvalue weighted by Crippen LogP contribution is 2.25. The number of hydrogen-bond donors (Lipinski definition) is 3. The largest absolute Gasteiger partial charge is 0.399 e. The van der Waals surface area contributed by atoms with E-state index >= 15 is 0 Å². The first-order valence-corrected chi connectivity index (χ1v) is 8.70. The monoisotopic (exact) mass is 343 g/mol. The second-order valence-corrected chi connectivity index (χ2v) is 6.69. The smallest absolute Gasteiger partial charge is 0.296 e. The van der Waals surface area contributed by atoms with E-state index in [1.54, 1.807) is 28.9 Å². The van der Waals surface area contributed by atoms with Gasteiger partial charge in [0.05, 0.1) is 17.1 Å². The van der Waals surface area contributed by atoms with Gasteiger partial charge in [0.25, 0.3) is 10.2 Å². The zero-order valence-electron chi connectivity index (χ0n) is 13.0. The Balaban J connectivity index is 1.99. The summed E-state index contributed by atoms with van der Waals surface area (Å²) in [6, 6.07) is 16.3. The van der Waals surface area contributed by atoms with Gasteiger partial charge in [-0.2, -0.15) is 13.5 Å². The lowest BCUT2D eigenvalue weighted by Crippen LogP contribution is -2.21. The molecule has 0 aliphatic rings. The molecular weight excluding hydrogens is 326 g/mol. The van der Waals surface area contributed by atoms with Gasteiger partial charge in [0.15, 0.2) is 0 Å². The topological polar surface area (TPSA) is 116 Å². The molecule has 1 heterocycles. The molecule has 0 aliphatic heterocycles. The zero-order chi connectivity index (χ0) is 17.3. The first kappa shape index (κ1) is 16.0. The first-order valence-electron chi connectivity index (χ1n) is 7.15. The standard InChI is InChI=1S/C16H17N5O2S/c1-11-10-16(12-2-4-13(17)5-3-12)21(19-11)15-8-6-14(7-9-15)20-24(18,22)23/h2-10,20H,17H2,1H3,(H2,18,22,23). The fraction of sp³-hybridized carbons (Fsp3) is 0.0625. The van der Waals surface area contributed by atoms with Crippen LogP contribution in [0.3, 0.4) is 0 Å². The van der Waals surface area contributed by atoms with E-state index in [1.165, 1.54) is 0 Å². The summed E-state index contributed by atoms with van der Waals surface area (Å²) in [5.41, 5.74) is 10.4. The number of hydrogen-bond acceptors (Lipinski definition) is 4. The molecule has 7 nitrogen and oxygen atoms in total. The molecule has 0 radical (unpaired) electrons. The second-order valence-electron chi connectivity index (χ2n) is 5.40. The molecule has 0 saturated heterocycles. The van der Waals surface area contributed by atoms with Gasteiger partial charge in [-0.3, -0.25) is 4.72 Å². The Bertz CT molecular complexity index is 961. The number of rotatable bonds is 4. The van der Waals surface area contributed by atoms with Crippen LogP contribution in [0.1, 0.15) is 5.69 Å². The molecule has 0 spiro atoms. The van der Waals surface area contributed by atoms with Gasteiger partial charge in [0.1, 0.15) is 0 Å². The Morgan fingerprint density at radius 2 is 1.67 bits per heavy atom. The summed E-state index contributed by atoms with van der Waals surface area (Å²) in [4.78, 5) is 0. The number of benzene rings is 2. The van der Waals surface area contributed by atoms with Crippen molar-refractivity contribution in [1.82, 2.24) is 9.78 Å². The number of nitrogens with two attached hydrogens (primary N) is 2. The molecule has 0 bridgehead atoms. The number of nitrogens with zero attached hydrogens (tertiary/aromatic N) is 2. The van der Waals surface area contributed by atoms with Gasteiger partial charge in [-0.15, -0.1) is 0 Å². The summed E-state index contributed by atoms with van der Waals surface area (Å²) in [6.45, 7) is 1.91. The lowest BCUT2D eigenvalue weighted by atomic mass is 10.1. The summed E-state index contributed by atoms with van der Waals surface area (Å²) in [6.07, 6.45) is 0. The van der Waals surface area contributed by atoms with Crippen molar-refractivity contribution in [3.8, 4) is 16.9 Å². The number of anilines is 2. The Morgan fingerprint density at radius 1 is 1.04 bits per heavy atom. The Morgan fingerprint density at radius 3 is 2.25 bits per heavy atom. The van der Waals surface area contributed by atoms with Crippen molar-refractivity contribution in [2.24, 2.45) is 5.14 Å². The van der Waals surface area contributed by atoms with Crippen LogP contribution in [-0.4, -0.2) is 18.2 Å². The average Bonchev–Trinajstić information content (AvgIpc) is 2.89. The third kappa shape index (κ3) is 3.55. The van der Waals surface area contributed by atoms with Crippen molar-refractivity contribution in [1.29, 1.82) is 0 Å². The van der Waals surface area contributed by atoms with Crippen LogP contribution in [0, 0.1) is 6.92 Å². The molecule has 3 aromatic rings. The predicted molar refractivity (Wildman–Crippen MR) is 94.9 cm³/mol. The quantitative estimate of drug-likeness (QED) is 0.629. The van der Waals surface area contributed by atoms with E-state index in [4.69, 9.17) is 10.9 Å². The lowest BCUT2D eigenvalue weighted by molar-refractivity contribution is 0.603. The van der Waals surface area contributed by atoms with Crippen molar-refractivity contribution in [3.63, 3.8) is 0 Å². The summed E-state index contributed by atoms with van der Waals surface area (Å²) in [5.74, 6) is 0. The predicted octanol–water partition coefficient (Wildman–Crippen LogP) is 2.05. The minimum Gasteiger partial charge on any atom is -0.399 e. The maximum absolute atomic E-state index is 11.1. The molecule has 3 rings (SSSR count).